The molecule has 0 spiro atoms. The van der Waals surface area contributed by atoms with Crippen LogP contribution in [0.5, 0.6) is 0 Å². The Hall–Kier alpha value is -1.84. The molecule has 0 unspecified atom stereocenters. The molecule has 0 radical (unpaired) electrons. The Bertz CT molecular complexity index is 437. The van der Waals surface area contributed by atoms with E-state index in [4.69, 9.17) is 5.11 Å². The number of hydrogen-bond donors (Lipinski definition) is 1. The summed E-state index contributed by atoms with van der Waals surface area (Å²) in [6.07, 6.45) is 0.890. The lowest BCUT2D eigenvalue weighted by Crippen LogP contribution is -2.36. The van der Waals surface area contributed by atoms with E-state index in [0.717, 1.165) is 12.1 Å². The van der Waals surface area contributed by atoms with Gasteiger partial charge in [-0.3, -0.25) is 9.59 Å². The summed E-state index contributed by atoms with van der Waals surface area (Å²) in [5, 5.41) is 8.77. The van der Waals surface area contributed by atoms with Crippen LogP contribution in [0.4, 0.5) is 5.69 Å². The van der Waals surface area contributed by atoms with E-state index in [1.54, 1.807) is 4.90 Å². The quantitative estimate of drug-likeness (QED) is 0.858. The lowest BCUT2D eigenvalue weighted by Gasteiger charge is -2.24. The number of benzene rings is 1. The Morgan fingerprint density at radius 1 is 1.21 bits per heavy atom. The third kappa shape index (κ3) is 4.39. The van der Waals surface area contributed by atoms with Gasteiger partial charge in [0.2, 0.25) is 5.91 Å². The summed E-state index contributed by atoms with van der Waals surface area (Å²) < 4.78 is 0. The van der Waals surface area contributed by atoms with Gasteiger partial charge in [0.15, 0.2) is 0 Å². The number of carboxylic acid groups (broad SMARTS) is 1. The third-order valence-electron chi connectivity index (χ3n) is 2.97. The fourth-order valence-electron chi connectivity index (χ4n) is 1.80. The molecule has 1 rings (SSSR count). The second kappa shape index (κ2) is 6.92. The van der Waals surface area contributed by atoms with Gasteiger partial charge in [0.05, 0.1) is 6.42 Å². The van der Waals surface area contributed by atoms with Gasteiger partial charge in [0.25, 0.3) is 0 Å². The molecule has 1 aromatic carbocycles. The number of amides is 1. The Morgan fingerprint density at radius 2 is 1.79 bits per heavy atom. The van der Waals surface area contributed by atoms with Crippen molar-refractivity contribution >= 4 is 17.6 Å². The van der Waals surface area contributed by atoms with Crippen LogP contribution in [-0.2, 0) is 16.0 Å². The number of anilines is 1. The number of carbonyl (C=O) groups excluding carboxylic acids is 1. The van der Waals surface area contributed by atoms with Crippen LogP contribution >= 0.6 is 0 Å². The summed E-state index contributed by atoms with van der Waals surface area (Å²) in [6, 6.07) is 7.69. The van der Waals surface area contributed by atoms with Gasteiger partial charge in [-0.1, -0.05) is 32.9 Å². The van der Waals surface area contributed by atoms with Crippen LogP contribution < -0.4 is 4.90 Å². The predicted octanol–water partition coefficient (Wildman–Crippen LogP) is 2.71. The van der Waals surface area contributed by atoms with E-state index in [2.05, 4.69) is 6.92 Å². The van der Waals surface area contributed by atoms with E-state index in [-0.39, 0.29) is 24.8 Å². The molecule has 1 amide bonds. The van der Waals surface area contributed by atoms with Crippen LogP contribution in [0.3, 0.4) is 0 Å². The molecular weight excluding hydrogens is 242 g/mol. The minimum absolute atomic E-state index is 0.0476. The molecule has 0 fully saturated rings. The average molecular weight is 263 g/mol. The van der Waals surface area contributed by atoms with Crippen LogP contribution in [0.1, 0.15) is 32.8 Å². The van der Waals surface area contributed by atoms with Gasteiger partial charge in [-0.25, -0.2) is 0 Å². The first-order valence-electron chi connectivity index (χ1n) is 6.57. The summed E-state index contributed by atoms with van der Waals surface area (Å²) >= 11 is 0. The van der Waals surface area contributed by atoms with Crippen molar-refractivity contribution in [1.82, 2.24) is 0 Å². The highest BCUT2D eigenvalue weighted by molar-refractivity contribution is 5.95. The first-order chi connectivity index (χ1) is 8.95. The zero-order chi connectivity index (χ0) is 14.4. The zero-order valence-corrected chi connectivity index (χ0v) is 11.7. The standard InChI is InChI=1S/C15H21NO3/c1-4-12-5-7-13(8-6-12)16(10-9-14(17)18)15(19)11(2)3/h5-8,11H,4,9-10H2,1-3H3,(H,17,18). The van der Waals surface area contributed by atoms with Crippen molar-refractivity contribution in [3.63, 3.8) is 0 Å². The monoisotopic (exact) mass is 263 g/mol. The number of aliphatic carboxylic acids is 1. The molecule has 0 saturated heterocycles. The molecule has 0 bridgehead atoms. The Balaban J connectivity index is 2.93. The lowest BCUT2D eigenvalue weighted by molar-refractivity contribution is -0.136. The molecule has 0 aromatic heterocycles. The van der Waals surface area contributed by atoms with Crippen LogP contribution in [0.25, 0.3) is 0 Å². The van der Waals surface area contributed by atoms with Crippen molar-refractivity contribution in [3.8, 4) is 0 Å². The Labute approximate surface area is 114 Å². The molecule has 0 aliphatic rings. The number of nitrogens with zero attached hydrogens (tertiary/aromatic N) is 1. The van der Waals surface area contributed by atoms with Crippen molar-refractivity contribution in [2.75, 3.05) is 11.4 Å². The van der Waals surface area contributed by atoms with Gasteiger partial charge in [-0.05, 0) is 24.1 Å². The molecule has 1 aromatic rings. The van der Waals surface area contributed by atoms with Gasteiger partial charge < -0.3 is 10.0 Å². The molecular formula is C15H21NO3. The second-order valence-electron chi connectivity index (χ2n) is 4.81. The first-order valence-corrected chi connectivity index (χ1v) is 6.57. The van der Waals surface area contributed by atoms with Gasteiger partial charge >= 0.3 is 5.97 Å². The van der Waals surface area contributed by atoms with E-state index in [0.29, 0.717) is 0 Å². The molecule has 1 N–H and O–H groups in total. The number of carbonyl (C=O) groups is 2. The Kier molecular flexibility index (Phi) is 5.55. The second-order valence-corrected chi connectivity index (χ2v) is 4.81. The molecule has 0 atom stereocenters. The number of aryl methyl sites for hydroxylation is 1. The van der Waals surface area contributed by atoms with E-state index in [1.807, 2.05) is 38.1 Å². The summed E-state index contributed by atoms with van der Waals surface area (Å²) in [4.78, 5) is 24.4. The minimum Gasteiger partial charge on any atom is -0.481 e. The van der Waals surface area contributed by atoms with Crippen LogP contribution in [0.2, 0.25) is 0 Å². The maximum absolute atomic E-state index is 12.1. The summed E-state index contributed by atoms with van der Waals surface area (Å²) in [6.45, 7) is 5.90. The molecule has 0 heterocycles. The van der Waals surface area contributed by atoms with Crippen LogP contribution in [-0.4, -0.2) is 23.5 Å². The van der Waals surface area contributed by atoms with Gasteiger partial charge in [0.1, 0.15) is 0 Å². The normalized spacial score (nSPS) is 10.5. The van der Waals surface area contributed by atoms with Gasteiger partial charge in [-0.15, -0.1) is 0 Å². The summed E-state index contributed by atoms with van der Waals surface area (Å²) in [5.41, 5.74) is 1.95. The van der Waals surface area contributed by atoms with E-state index in [1.165, 1.54) is 5.56 Å². The molecule has 0 saturated carbocycles. The number of hydrogen-bond acceptors (Lipinski definition) is 2. The molecule has 0 aliphatic carbocycles. The number of rotatable bonds is 6. The molecule has 104 valence electrons. The van der Waals surface area contributed by atoms with Crippen molar-refractivity contribution < 1.29 is 14.7 Å². The largest absolute Gasteiger partial charge is 0.481 e. The first kappa shape index (κ1) is 15.2. The van der Waals surface area contributed by atoms with E-state index < -0.39 is 5.97 Å². The molecule has 4 heteroatoms. The third-order valence-corrected chi connectivity index (χ3v) is 2.97. The molecule has 19 heavy (non-hydrogen) atoms. The average Bonchev–Trinajstić information content (AvgIpc) is 2.39. The van der Waals surface area contributed by atoms with Gasteiger partial charge in [-0.2, -0.15) is 0 Å². The SMILES string of the molecule is CCc1ccc(N(CCC(=O)O)C(=O)C(C)C)cc1. The summed E-state index contributed by atoms with van der Waals surface area (Å²) in [7, 11) is 0. The maximum Gasteiger partial charge on any atom is 0.305 e. The van der Waals surface area contributed by atoms with Gasteiger partial charge in [0, 0.05) is 18.2 Å². The van der Waals surface area contributed by atoms with Crippen LogP contribution in [0.15, 0.2) is 24.3 Å². The predicted molar refractivity (Wildman–Crippen MR) is 75.3 cm³/mol. The Morgan fingerprint density at radius 3 is 2.21 bits per heavy atom. The van der Waals surface area contributed by atoms with Crippen molar-refractivity contribution in [1.29, 1.82) is 0 Å². The van der Waals surface area contributed by atoms with Crippen molar-refractivity contribution in [2.45, 2.75) is 33.6 Å². The highest BCUT2D eigenvalue weighted by atomic mass is 16.4. The highest BCUT2D eigenvalue weighted by Crippen LogP contribution is 2.18. The van der Waals surface area contributed by atoms with Crippen LogP contribution in [0, 0.1) is 5.92 Å². The minimum atomic E-state index is -0.897. The molecule has 4 nitrogen and oxygen atoms in total. The smallest absolute Gasteiger partial charge is 0.305 e. The zero-order valence-electron chi connectivity index (χ0n) is 11.7. The molecule has 0 aliphatic heterocycles. The van der Waals surface area contributed by atoms with E-state index >= 15 is 0 Å². The number of carboxylic acids is 1. The fraction of sp³-hybridized carbons (Fsp3) is 0.467. The summed E-state index contributed by atoms with van der Waals surface area (Å²) in [5.74, 6) is -1.10. The fourth-order valence-corrected chi connectivity index (χ4v) is 1.80. The highest BCUT2D eigenvalue weighted by Gasteiger charge is 2.19. The van der Waals surface area contributed by atoms with Crippen molar-refractivity contribution in [3.05, 3.63) is 29.8 Å². The lowest BCUT2D eigenvalue weighted by atomic mass is 10.1. The van der Waals surface area contributed by atoms with Crippen molar-refractivity contribution in [2.24, 2.45) is 5.92 Å². The topological polar surface area (TPSA) is 57.6 Å². The maximum atomic E-state index is 12.1. The van der Waals surface area contributed by atoms with E-state index in [9.17, 15) is 9.59 Å².